The fraction of sp³-hybridized carbons (Fsp3) is 0.429. The molecule has 0 aliphatic heterocycles. The largest absolute Gasteiger partial charge is 0.486 e. The van der Waals surface area contributed by atoms with E-state index >= 15 is 0 Å². The second-order valence-corrected chi connectivity index (χ2v) is 4.75. The molecule has 0 saturated carbocycles. The number of aromatic nitrogens is 3. The van der Waals surface area contributed by atoms with Crippen LogP contribution < -0.4 is 4.74 Å². The van der Waals surface area contributed by atoms with E-state index in [4.69, 9.17) is 4.74 Å². The van der Waals surface area contributed by atoms with Crippen LogP contribution in [0.4, 0.5) is 0 Å². The van der Waals surface area contributed by atoms with Gasteiger partial charge >= 0.3 is 0 Å². The second-order valence-electron chi connectivity index (χ2n) is 4.75. The van der Waals surface area contributed by atoms with E-state index in [2.05, 4.69) is 23.9 Å². The maximum atomic E-state index is 9.43. The minimum absolute atomic E-state index is 0.263. The molecule has 0 aliphatic rings. The Morgan fingerprint density at radius 3 is 2.47 bits per heavy atom. The van der Waals surface area contributed by atoms with E-state index < -0.39 is 6.10 Å². The van der Waals surface area contributed by atoms with E-state index in [1.165, 1.54) is 6.33 Å². The van der Waals surface area contributed by atoms with E-state index in [-0.39, 0.29) is 6.04 Å². The number of hydrogen-bond acceptors (Lipinski definition) is 4. The van der Waals surface area contributed by atoms with Crippen molar-refractivity contribution >= 4 is 0 Å². The van der Waals surface area contributed by atoms with Crippen LogP contribution in [-0.4, -0.2) is 19.9 Å². The first-order valence-corrected chi connectivity index (χ1v) is 6.37. The van der Waals surface area contributed by atoms with Gasteiger partial charge in [0.25, 0.3) is 0 Å². The van der Waals surface area contributed by atoms with E-state index in [0.29, 0.717) is 6.61 Å². The molecule has 0 radical (unpaired) electrons. The van der Waals surface area contributed by atoms with Gasteiger partial charge in [-0.15, -0.1) is 0 Å². The average molecular weight is 261 g/mol. The van der Waals surface area contributed by atoms with Gasteiger partial charge in [-0.1, -0.05) is 12.1 Å². The van der Waals surface area contributed by atoms with Gasteiger partial charge in [0.2, 0.25) is 0 Å². The topological polar surface area (TPSA) is 60.2 Å². The van der Waals surface area contributed by atoms with Gasteiger partial charge in [0.15, 0.2) is 5.82 Å². The van der Waals surface area contributed by atoms with Crippen LogP contribution in [0.15, 0.2) is 30.6 Å². The molecular formula is C14H19N3O2. The molecule has 5 nitrogen and oxygen atoms in total. The van der Waals surface area contributed by atoms with Crippen LogP contribution in [0.1, 0.15) is 44.3 Å². The summed E-state index contributed by atoms with van der Waals surface area (Å²) in [6, 6.07) is 7.66. The van der Waals surface area contributed by atoms with Gasteiger partial charge < -0.3 is 9.84 Å². The molecule has 0 saturated heterocycles. The second kappa shape index (κ2) is 5.84. The molecule has 1 atom stereocenters. The summed E-state index contributed by atoms with van der Waals surface area (Å²) in [6.45, 7) is 6.22. The molecule has 1 aromatic heterocycles. The van der Waals surface area contributed by atoms with Crippen molar-refractivity contribution in [2.24, 2.45) is 0 Å². The number of aliphatic hydroxyl groups excluding tert-OH is 1. The first-order valence-electron chi connectivity index (χ1n) is 6.37. The van der Waals surface area contributed by atoms with Crippen molar-refractivity contribution in [1.82, 2.24) is 14.8 Å². The van der Waals surface area contributed by atoms with Gasteiger partial charge in [0.1, 0.15) is 18.7 Å². The van der Waals surface area contributed by atoms with Gasteiger partial charge in [-0.25, -0.2) is 9.67 Å². The van der Waals surface area contributed by atoms with Crippen LogP contribution in [-0.2, 0) is 6.61 Å². The Labute approximate surface area is 112 Å². The summed E-state index contributed by atoms with van der Waals surface area (Å²) in [7, 11) is 0. The lowest BCUT2D eigenvalue weighted by molar-refractivity contribution is 0.199. The summed E-state index contributed by atoms with van der Waals surface area (Å²) in [4.78, 5) is 4.19. The van der Waals surface area contributed by atoms with Crippen molar-refractivity contribution in [3.8, 4) is 5.75 Å². The molecule has 2 rings (SSSR count). The molecule has 0 unspecified atom stereocenters. The van der Waals surface area contributed by atoms with Crippen LogP contribution in [0, 0.1) is 0 Å². The SMILES string of the molecule is CC(C)n1ncnc1COc1ccc([C@@H](C)O)cc1. The Morgan fingerprint density at radius 1 is 1.21 bits per heavy atom. The van der Waals surface area contributed by atoms with E-state index in [1.807, 2.05) is 28.9 Å². The Balaban J connectivity index is 2.00. The zero-order chi connectivity index (χ0) is 13.8. The third kappa shape index (κ3) is 3.32. The minimum Gasteiger partial charge on any atom is -0.486 e. The summed E-state index contributed by atoms with van der Waals surface area (Å²) in [5.41, 5.74) is 0.873. The third-order valence-electron chi connectivity index (χ3n) is 2.87. The summed E-state index contributed by atoms with van der Waals surface area (Å²) in [5.74, 6) is 1.55. The molecular weight excluding hydrogens is 242 g/mol. The van der Waals surface area contributed by atoms with Gasteiger partial charge in [-0.05, 0) is 38.5 Å². The van der Waals surface area contributed by atoms with E-state index in [1.54, 1.807) is 6.92 Å². The zero-order valence-corrected chi connectivity index (χ0v) is 11.4. The normalized spacial score (nSPS) is 12.7. The molecule has 1 N–H and O–H groups in total. The molecule has 0 bridgehead atoms. The lowest BCUT2D eigenvalue weighted by Crippen LogP contribution is -2.10. The van der Waals surface area contributed by atoms with Crippen molar-refractivity contribution in [3.05, 3.63) is 42.0 Å². The number of ether oxygens (including phenoxy) is 1. The maximum absolute atomic E-state index is 9.43. The molecule has 0 fully saturated rings. The van der Waals surface area contributed by atoms with Crippen molar-refractivity contribution in [3.63, 3.8) is 0 Å². The highest BCUT2D eigenvalue weighted by atomic mass is 16.5. The molecule has 5 heteroatoms. The Kier molecular flexibility index (Phi) is 4.16. The molecule has 1 aromatic carbocycles. The number of nitrogens with zero attached hydrogens (tertiary/aromatic N) is 3. The lowest BCUT2D eigenvalue weighted by atomic mass is 10.1. The Bertz CT molecular complexity index is 518. The lowest BCUT2D eigenvalue weighted by Gasteiger charge is -2.11. The fourth-order valence-corrected chi connectivity index (χ4v) is 1.80. The van der Waals surface area contributed by atoms with Crippen molar-refractivity contribution in [1.29, 1.82) is 0 Å². The molecule has 0 amide bonds. The zero-order valence-electron chi connectivity index (χ0n) is 11.4. The van der Waals surface area contributed by atoms with Crippen LogP contribution in [0.25, 0.3) is 0 Å². The molecule has 0 aliphatic carbocycles. The predicted molar refractivity (Wildman–Crippen MR) is 71.8 cm³/mol. The predicted octanol–water partition coefficient (Wildman–Crippen LogP) is 2.49. The number of benzene rings is 1. The number of rotatable bonds is 5. The van der Waals surface area contributed by atoms with Gasteiger partial charge in [0, 0.05) is 6.04 Å². The van der Waals surface area contributed by atoms with E-state index in [0.717, 1.165) is 17.1 Å². The van der Waals surface area contributed by atoms with Gasteiger partial charge in [-0.3, -0.25) is 0 Å². The summed E-state index contributed by atoms with van der Waals surface area (Å²) < 4.78 is 7.51. The molecule has 19 heavy (non-hydrogen) atoms. The van der Waals surface area contributed by atoms with Crippen LogP contribution in [0.2, 0.25) is 0 Å². The highest BCUT2D eigenvalue weighted by molar-refractivity contribution is 5.28. The maximum Gasteiger partial charge on any atom is 0.165 e. The smallest absolute Gasteiger partial charge is 0.165 e. The average Bonchev–Trinajstić information content (AvgIpc) is 2.85. The van der Waals surface area contributed by atoms with Crippen molar-refractivity contribution < 1.29 is 9.84 Å². The highest BCUT2D eigenvalue weighted by Gasteiger charge is 2.08. The van der Waals surface area contributed by atoms with Crippen LogP contribution >= 0.6 is 0 Å². The quantitative estimate of drug-likeness (QED) is 0.898. The highest BCUT2D eigenvalue weighted by Crippen LogP contribution is 2.18. The van der Waals surface area contributed by atoms with Crippen molar-refractivity contribution in [2.75, 3.05) is 0 Å². The Hall–Kier alpha value is -1.88. The van der Waals surface area contributed by atoms with Crippen molar-refractivity contribution in [2.45, 2.75) is 39.5 Å². The van der Waals surface area contributed by atoms with E-state index in [9.17, 15) is 5.11 Å². The number of aliphatic hydroxyl groups is 1. The minimum atomic E-state index is -0.460. The standard InChI is InChI=1S/C14H19N3O2/c1-10(2)17-14(15-9-16-17)8-19-13-6-4-12(5-7-13)11(3)18/h4-7,9-11,18H,8H2,1-3H3/t11-/m1/s1. The fourth-order valence-electron chi connectivity index (χ4n) is 1.80. The van der Waals surface area contributed by atoms with Crippen LogP contribution in [0.3, 0.4) is 0 Å². The summed E-state index contributed by atoms with van der Waals surface area (Å²) in [6.07, 6.45) is 1.08. The molecule has 0 spiro atoms. The monoisotopic (exact) mass is 261 g/mol. The van der Waals surface area contributed by atoms with Crippen LogP contribution in [0.5, 0.6) is 5.75 Å². The van der Waals surface area contributed by atoms with Gasteiger partial charge in [0.05, 0.1) is 6.10 Å². The number of hydrogen-bond donors (Lipinski definition) is 1. The molecule has 1 heterocycles. The first-order chi connectivity index (χ1) is 9.08. The molecule has 2 aromatic rings. The summed E-state index contributed by atoms with van der Waals surface area (Å²) in [5, 5.41) is 13.6. The first kappa shape index (κ1) is 13.5. The third-order valence-corrected chi connectivity index (χ3v) is 2.87. The van der Waals surface area contributed by atoms with Gasteiger partial charge in [-0.2, -0.15) is 5.10 Å². The summed E-state index contributed by atoms with van der Waals surface area (Å²) >= 11 is 0. The Morgan fingerprint density at radius 2 is 1.89 bits per heavy atom. The molecule has 102 valence electrons.